The number of amides is 2. The summed E-state index contributed by atoms with van der Waals surface area (Å²) in [5.74, 6) is -1.17. The normalized spacial score (nSPS) is 12.2. The summed E-state index contributed by atoms with van der Waals surface area (Å²) in [6.45, 7) is 0.691. The standard InChI is InChI=1S/C20H20Cl5N3O4S/c1-11(20(30)26-2)27(9-12-13(21)5-4-6-14(12)22)19(29)10-28(33(3,31)32)18-8-16(24)15(23)7-17(18)25/h4-8,11H,9-10H2,1-3H3,(H,26,30). The van der Waals surface area contributed by atoms with Gasteiger partial charge in [0, 0.05) is 29.2 Å². The summed E-state index contributed by atoms with van der Waals surface area (Å²) in [6, 6.07) is 6.37. The Balaban J connectivity index is 2.51. The fourth-order valence-electron chi connectivity index (χ4n) is 2.94. The van der Waals surface area contributed by atoms with E-state index in [0.29, 0.717) is 5.56 Å². The predicted molar refractivity (Wildman–Crippen MR) is 134 cm³/mol. The van der Waals surface area contributed by atoms with Gasteiger partial charge in [-0.3, -0.25) is 13.9 Å². The third-order valence-corrected chi connectivity index (χ3v) is 7.60. The number of carbonyl (C=O) groups excluding carboxylic acids is 2. The van der Waals surface area contributed by atoms with Gasteiger partial charge in [0.1, 0.15) is 12.6 Å². The van der Waals surface area contributed by atoms with Crippen molar-refractivity contribution in [1.29, 1.82) is 0 Å². The Morgan fingerprint density at radius 1 is 0.970 bits per heavy atom. The Morgan fingerprint density at radius 3 is 2.03 bits per heavy atom. The largest absolute Gasteiger partial charge is 0.357 e. The molecule has 7 nitrogen and oxygen atoms in total. The molecule has 0 aromatic heterocycles. The minimum Gasteiger partial charge on any atom is -0.357 e. The summed E-state index contributed by atoms with van der Waals surface area (Å²) in [4.78, 5) is 26.9. The van der Waals surface area contributed by atoms with Gasteiger partial charge >= 0.3 is 0 Å². The van der Waals surface area contributed by atoms with Gasteiger partial charge in [-0.2, -0.15) is 0 Å². The summed E-state index contributed by atoms with van der Waals surface area (Å²) >= 11 is 30.7. The van der Waals surface area contributed by atoms with Gasteiger partial charge < -0.3 is 10.2 Å². The molecule has 1 atom stereocenters. The molecule has 2 rings (SSSR count). The minimum atomic E-state index is -3.99. The molecule has 1 unspecified atom stereocenters. The Morgan fingerprint density at radius 2 is 1.52 bits per heavy atom. The highest BCUT2D eigenvalue weighted by Gasteiger charge is 2.31. The first-order chi connectivity index (χ1) is 15.3. The van der Waals surface area contributed by atoms with Gasteiger partial charge in [-0.1, -0.05) is 64.1 Å². The van der Waals surface area contributed by atoms with Crippen molar-refractivity contribution in [3.05, 3.63) is 61.0 Å². The van der Waals surface area contributed by atoms with Gasteiger partial charge in [0.15, 0.2) is 0 Å². The summed E-state index contributed by atoms with van der Waals surface area (Å²) in [5.41, 5.74) is 0.369. The van der Waals surface area contributed by atoms with E-state index in [0.717, 1.165) is 10.6 Å². The van der Waals surface area contributed by atoms with Crippen LogP contribution in [0.3, 0.4) is 0 Å². The highest BCUT2D eigenvalue weighted by atomic mass is 35.5. The molecule has 0 saturated carbocycles. The van der Waals surface area contributed by atoms with Crippen LogP contribution in [0.4, 0.5) is 5.69 Å². The first-order valence-corrected chi connectivity index (χ1v) is 13.1. The Hall–Kier alpha value is -1.42. The van der Waals surface area contributed by atoms with Crippen molar-refractivity contribution in [2.45, 2.75) is 19.5 Å². The zero-order chi connectivity index (χ0) is 25.1. The minimum absolute atomic E-state index is 0.0253. The van der Waals surface area contributed by atoms with Gasteiger partial charge in [-0.05, 0) is 31.2 Å². The van der Waals surface area contributed by atoms with Crippen LogP contribution in [-0.4, -0.2) is 51.0 Å². The highest BCUT2D eigenvalue weighted by molar-refractivity contribution is 7.92. The number of anilines is 1. The lowest BCUT2D eigenvalue weighted by molar-refractivity contribution is -0.139. The number of rotatable bonds is 8. The first-order valence-electron chi connectivity index (χ1n) is 9.34. The lowest BCUT2D eigenvalue weighted by atomic mass is 10.1. The van der Waals surface area contributed by atoms with Crippen LogP contribution in [0.2, 0.25) is 25.1 Å². The molecule has 0 aliphatic carbocycles. The third kappa shape index (κ3) is 6.81. The van der Waals surface area contributed by atoms with Gasteiger partial charge in [-0.15, -0.1) is 0 Å². The maximum atomic E-state index is 13.4. The van der Waals surface area contributed by atoms with E-state index < -0.39 is 34.4 Å². The first kappa shape index (κ1) is 27.8. The lowest BCUT2D eigenvalue weighted by Crippen LogP contribution is -2.50. The van der Waals surface area contributed by atoms with Crippen molar-refractivity contribution in [2.75, 3.05) is 24.2 Å². The molecule has 0 aliphatic heterocycles. The van der Waals surface area contributed by atoms with Crippen molar-refractivity contribution < 1.29 is 18.0 Å². The van der Waals surface area contributed by atoms with Crippen molar-refractivity contribution in [1.82, 2.24) is 10.2 Å². The second-order valence-corrected chi connectivity index (χ2v) is 10.9. The number of carbonyl (C=O) groups is 2. The quantitative estimate of drug-likeness (QED) is 0.455. The molecule has 0 fully saturated rings. The molecule has 0 radical (unpaired) electrons. The van der Waals surface area contributed by atoms with Crippen LogP contribution in [-0.2, 0) is 26.2 Å². The van der Waals surface area contributed by atoms with Gasteiger partial charge in [-0.25, -0.2) is 8.42 Å². The van der Waals surface area contributed by atoms with Crippen LogP contribution in [0.15, 0.2) is 30.3 Å². The molecule has 2 aromatic carbocycles. The Kier molecular flexibility index (Phi) is 9.56. The van der Waals surface area contributed by atoms with E-state index in [1.54, 1.807) is 18.2 Å². The van der Waals surface area contributed by atoms with E-state index in [-0.39, 0.29) is 37.3 Å². The smallest absolute Gasteiger partial charge is 0.244 e. The SMILES string of the molecule is CNC(=O)C(C)N(Cc1c(Cl)cccc1Cl)C(=O)CN(c1cc(Cl)c(Cl)cc1Cl)S(C)(=O)=O. The number of nitrogens with zero attached hydrogens (tertiary/aromatic N) is 2. The van der Waals surface area contributed by atoms with Crippen LogP contribution >= 0.6 is 58.0 Å². The Labute approximate surface area is 217 Å². The number of nitrogens with one attached hydrogen (secondary N) is 1. The monoisotopic (exact) mass is 573 g/mol. The summed E-state index contributed by atoms with van der Waals surface area (Å²) in [7, 11) is -2.57. The average molecular weight is 576 g/mol. The molecule has 0 saturated heterocycles. The molecule has 0 spiro atoms. The average Bonchev–Trinajstić information content (AvgIpc) is 2.72. The molecule has 2 amide bonds. The molecule has 0 heterocycles. The second-order valence-electron chi connectivity index (χ2n) is 7.00. The number of hydrogen-bond donors (Lipinski definition) is 1. The van der Waals surface area contributed by atoms with E-state index in [1.807, 2.05) is 0 Å². The van der Waals surface area contributed by atoms with E-state index in [1.165, 1.54) is 31.0 Å². The summed E-state index contributed by atoms with van der Waals surface area (Å²) in [6.07, 6.45) is 0.913. The van der Waals surface area contributed by atoms with E-state index in [2.05, 4.69) is 5.32 Å². The maximum Gasteiger partial charge on any atom is 0.244 e. The number of sulfonamides is 1. The molecular weight excluding hydrogens is 556 g/mol. The van der Waals surface area contributed by atoms with Crippen molar-refractivity contribution in [3.8, 4) is 0 Å². The number of halogens is 5. The Bertz CT molecular complexity index is 1160. The molecule has 0 aliphatic rings. The molecule has 33 heavy (non-hydrogen) atoms. The summed E-state index contributed by atoms with van der Waals surface area (Å²) < 4.78 is 25.9. The van der Waals surface area contributed by atoms with Crippen LogP contribution < -0.4 is 9.62 Å². The zero-order valence-corrected chi connectivity index (χ0v) is 22.3. The third-order valence-electron chi connectivity index (χ3n) is 4.74. The van der Waals surface area contributed by atoms with E-state index in [4.69, 9.17) is 58.0 Å². The van der Waals surface area contributed by atoms with Crippen LogP contribution in [0.1, 0.15) is 12.5 Å². The van der Waals surface area contributed by atoms with Crippen molar-refractivity contribution >= 4 is 85.5 Å². The van der Waals surface area contributed by atoms with Gasteiger partial charge in [0.25, 0.3) is 0 Å². The van der Waals surface area contributed by atoms with Gasteiger partial charge in [0.05, 0.1) is 27.0 Å². The van der Waals surface area contributed by atoms with Gasteiger partial charge in [0.2, 0.25) is 21.8 Å². The fourth-order valence-corrected chi connectivity index (χ4v) is 5.01. The molecular formula is C20H20Cl5N3O4S. The molecule has 13 heteroatoms. The molecule has 180 valence electrons. The predicted octanol–water partition coefficient (Wildman–Crippen LogP) is 4.88. The second kappa shape index (κ2) is 11.3. The maximum absolute atomic E-state index is 13.4. The van der Waals surface area contributed by atoms with E-state index >= 15 is 0 Å². The number of hydrogen-bond acceptors (Lipinski definition) is 4. The number of likely N-dealkylation sites (N-methyl/N-ethyl adjacent to an activating group) is 1. The molecule has 0 bridgehead atoms. The summed E-state index contributed by atoms with van der Waals surface area (Å²) in [5, 5.41) is 3.19. The lowest BCUT2D eigenvalue weighted by Gasteiger charge is -2.32. The molecule has 1 N–H and O–H groups in total. The topological polar surface area (TPSA) is 86.8 Å². The molecule has 2 aromatic rings. The van der Waals surface area contributed by atoms with Crippen LogP contribution in [0, 0.1) is 0 Å². The van der Waals surface area contributed by atoms with E-state index in [9.17, 15) is 18.0 Å². The highest BCUT2D eigenvalue weighted by Crippen LogP contribution is 2.36. The van der Waals surface area contributed by atoms with Crippen LogP contribution in [0.25, 0.3) is 0 Å². The number of benzene rings is 2. The zero-order valence-electron chi connectivity index (χ0n) is 17.7. The van der Waals surface area contributed by atoms with Crippen molar-refractivity contribution in [2.24, 2.45) is 0 Å². The fraction of sp³-hybridized carbons (Fsp3) is 0.300. The van der Waals surface area contributed by atoms with Crippen LogP contribution in [0.5, 0.6) is 0 Å². The van der Waals surface area contributed by atoms with Crippen molar-refractivity contribution in [3.63, 3.8) is 0 Å².